The lowest BCUT2D eigenvalue weighted by Crippen LogP contribution is -2.36. The zero-order valence-corrected chi connectivity index (χ0v) is 9.89. The molecule has 1 fully saturated rings. The van der Waals surface area contributed by atoms with E-state index in [9.17, 15) is 22.8 Å². The summed E-state index contributed by atoms with van der Waals surface area (Å²) in [6, 6.07) is 0. The molecule has 1 N–H and O–H groups in total. The van der Waals surface area contributed by atoms with Crippen molar-refractivity contribution in [3.8, 4) is 0 Å². The van der Waals surface area contributed by atoms with Crippen LogP contribution in [0, 0.1) is 17.8 Å². The van der Waals surface area contributed by atoms with Crippen molar-refractivity contribution < 1.29 is 32.6 Å². The zero-order valence-electron chi connectivity index (χ0n) is 9.89. The molecule has 106 valence electrons. The molecule has 2 rings (SSSR count). The van der Waals surface area contributed by atoms with Crippen LogP contribution in [-0.2, 0) is 14.3 Å². The number of carboxylic acids is 1. The van der Waals surface area contributed by atoms with Crippen LogP contribution in [0.5, 0.6) is 0 Å². The fourth-order valence-corrected chi connectivity index (χ4v) is 2.91. The van der Waals surface area contributed by atoms with Crippen LogP contribution in [0.25, 0.3) is 0 Å². The highest BCUT2D eigenvalue weighted by molar-refractivity contribution is 5.76. The average Bonchev–Trinajstić information content (AvgIpc) is 2.87. The topological polar surface area (TPSA) is 63.6 Å². The predicted octanol–water partition coefficient (Wildman–Crippen LogP) is 2.15. The third-order valence-electron chi connectivity index (χ3n) is 3.67. The number of rotatable bonds is 4. The maximum absolute atomic E-state index is 12.2. The number of alkyl halides is 3. The monoisotopic (exact) mass is 278 g/mol. The molecule has 4 atom stereocenters. The Hall–Kier alpha value is -1.53. The van der Waals surface area contributed by atoms with Crippen LogP contribution in [0.15, 0.2) is 12.2 Å². The number of aliphatic carboxylic acids is 1. The lowest BCUT2D eigenvalue weighted by atomic mass is 9.87. The Morgan fingerprint density at radius 2 is 2.00 bits per heavy atom. The van der Waals surface area contributed by atoms with Crippen molar-refractivity contribution in [2.45, 2.75) is 31.5 Å². The summed E-state index contributed by atoms with van der Waals surface area (Å²) in [5.74, 6) is -3.65. The van der Waals surface area contributed by atoms with Gasteiger partial charge < -0.3 is 9.84 Å². The van der Waals surface area contributed by atoms with Crippen LogP contribution in [0.2, 0.25) is 0 Å². The lowest BCUT2D eigenvalue weighted by Gasteiger charge is -2.27. The number of hydrogen-bond donors (Lipinski definition) is 1. The Balaban J connectivity index is 2.06. The number of allylic oxidation sites excluding steroid dienone is 2. The Kier molecular flexibility index (Phi) is 3.56. The standard InChI is InChI=1S/C12H13F3O4/c13-12(14,15)11(18)19-9(5-10(16)17)8-4-6-1-2-7(8)3-6/h1-2,6-9H,3-5H2,(H,16,17). The van der Waals surface area contributed by atoms with E-state index in [1.807, 2.05) is 12.2 Å². The van der Waals surface area contributed by atoms with Crippen molar-refractivity contribution in [1.82, 2.24) is 0 Å². The third kappa shape index (κ3) is 3.08. The Morgan fingerprint density at radius 3 is 2.42 bits per heavy atom. The smallest absolute Gasteiger partial charge is 0.481 e. The Morgan fingerprint density at radius 1 is 1.32 bits per heavy atom. The summed E-state index contributed by atoms with van der Waals surface area (Å²) >= 11 is 0. The van der Waals surface area contributed by atoms with E-state index in [1.54, 1.807) is 0 Å². The first kappa shape index (κ1) is 13.9. The minimum absolute atomic E-state index is 0.00961. The highest BCUT2D eigenvalue weighted by Crippen LogP contribution is 2.46. The Labute approximate surface area is 107 Å². The third-order valence-corrected chi connectivity index (χ3v) is 3.67. The second-order valence-corrected chi connectivity index (χ2v) is 4.98. The van der Waals surface area contributed by atoms with Gasteiger partial charge in [-0.05, 0) is 24.7 Å². The van der Waals surface area contributed by atoms with Gasteiger partial charge in [0.2, 0.25) is 0 Å². The van der Waals surface area contributed by atoms with E-state index in [1.165, 1.54) is 0 Å². The van der Waals surface area contributed by atoms with Crippen LogP contribution in [0.1, 0.15) is 19.3 Å². The summed E-state index contributed by atoms with van der Waals surface area (Å²) in [5.41, 5.74) is 0. The predicted molar refractivity (Wildman–Crippen MR) is 57.0 cm³/mol. The number of carbonyl (C=O) groups is 2. The van der Waals surface area contributed by atoms with Gasteiger partial charge in [0, 0.05) is 5.92 Å². The van der Waals surface area contributed by atoms with Gasteiger partial charge in [0.15, 0.2) is 0 Å². The van der Waals surface area contributed by atoms with Gasteiger partial charge in [-0.25, -0.2) is 4.79 Å². The molecule has 0 amide bonds. The van der Waals surface area contributed by atoms with Gasteiger partial charge in [-0.2, -0.15) is 13.2 Å². The first-order valence-electron chi connectivity index (χ1n) is 5.95. The molecule has 4 nitrogen and oxygen atoms in total. The van der Waals surface area contributed by atoms with E-state index in [4.69, 9.17) is 5.11 Å². The second-order valence-electron chi connectivity index (χ2n) is 4.98. The summed E-state index contributed by atoms with van der Waals surface area (Å²) in [4.78, 5) is 21.6. The summed E-state index contributed by atoms with van der Waals surface area (Å²) in [6.45, 7) is 0. The number of carbonyl (C=O) groups excluding carboxylic acids is 1. The molecule has 0 aromatic heterocycles. The number of hydrogen-bond acceptors (Lipinski definition) is 3. The van der Waals surface area contributed by atoms with Crippen molar-refractivity contribution in [3.63, 3.8) is 0 Å². The van der Waals surface area contributed by atoms with Crippen molar-refractivity contribution >= 4 is 11.9 Å². The largest absolute Gasteiger partial charge is 0.490 e. The maximum Gasteiger partial charge on any atom is 0.490 e. The quantitative estimate of drug-likeness (QED) is 0.632. The van der Waals surface area contributed by atoms with E-state index in [-0.39, 0.29) is 17.8 Å². The average molecular weight is 278 g/mol. The molecule has 2 bridgehead atoms. The molecule has 0 spiro atoms. The van der Waals surface area contributed by atoms with Gasteiger partial charge in [-0.15, -0.1) is 0 Å². The first-order valence-corrected chi connectivity index (χ1v) is 5.95. The van der Waals surface area contributed by atoms with Crippen LogP contribution >= 0.6 is 0 Å². The molecule has 0 aromatic rings. The van der Waals surface area contributed by atoms with Crippen molar-refractivity contribution in [3.05, 3.63) is 12.2 Å². The molecule has 2 aliphatic rings. The van der Waals surface area contributed by atoms with E-state index in [0.717, 1.165) is 6.42 Å². The van der Waals surface area contributed by atoms with E-state index < -0.39 is 30.6 Å². The fourth-order valence-electron chi connectivity index (χ4n) is 2.91. The summed E-state index contributed by atoms with van der Waals surface area (Å²) in [7, 11) is 0. The number of fused-ring (bicyclic) bond motifs is 2. The summed E-state index contributed by atoms with van der Waals surface area (Å²) in [5, 5.41) is 8.74. The van der Waals surface area contributed by atoms with E-state index >= 15 is 0 Å². The van der Waals surface area contributed by atoms with Gasteiger partial charge in [-0.1, -0.05) is 12.2 Å². The fraction of sp³-hybridized carbons (Fsp3) is 0.667. The van der Waals surface area contributed by atoms with Gasteiger partial charge in [-0.3, -0.25) is 4.79 Å². The molecule has 2 aliphatic carbocycles. The molecule has 1 saturated carbocycles. The molecule has 4 unspecified atom stereocenters. The SMILES string of the molecule is O=C(O)CC(OC(=O)C(F)(F)F)C1CC2C=CC1C2. The molecule has 0 aromatic carbocycles. The van der Waals surface area contributed by atoms with Crippen molar-refractivity contribution in [2.24, 2.45) is 17.8 Å². The van der Waals surface area contributed by atoms with Crippen LogP contribution < -0.4 is 0 Å². The number of carboxylic acid groups (broad SMARTS) is 1. The van der Waals surface area contributed by atoms with Gasteiger partial charge in [0.05, 0.1) is 6.42 Å². The van der Waals surface area contributed by atoms with Crippen LogP contribution in [0.4, 0.5) is 13.2 Å². The molecule has 7 heteroatoms. The summed E-state index contributed by atoms with van der Waals surface area (Å²) in [6.07, 6.45) is -1.69. The number of halogens is 3. The molecule has 0 heterocycles. The molecular formula is C12H13F3O4. The first-order chi connectivity index (χ1) is 8.77. The molecule has 0 radical (unpaired) electrons. The maximum atomic E-state index is 12.2. The van der Waals surface area contributed by atoms with Crippen LogP contribution in [0.3, 0.4) is 0 Å². The van der Waals surface area contributed by atoms with Crippen molar-refractivity contribution in [1.29, 1.82) is 0 Å². The highest BCUT2D eigenvalue weighted by atomic mass is 19.4. The minimum Gasteiger partial charge on any atom is -0.481 e. The lowest BCUT2D eigenvalue weighted by molar-refractivity contribution is -0.208. The van der Waals surface area contributed by atoms with Gasteiger partial charge >= 0.3 is 18.1 Å². The van der Waals surface area contributed by atoms with E-state index in [0.29, 0.717) is 6.42 Å². The Bertz CT molecular complexity index is 416. The van der Waals surface area contributed by atoms with E-state index in [2.05, 4.69) is 4.74 Å². The molecular weight excluding hydrogens is 265 g/mol. The highest BCUT2D eigenvalue weighted by Gasteiger charge is 2.47. The zero-order chi connectivity index (χ0) is 14.2. The second kappa shape index (κ2) is 4.86. The summed E-state index contributed by atoms with van der Waals surface area (Å²) < 4.78 is 40.9. The number of ether oxygens (including phenoxy) is 1. The van der Waals surface area contributed by atoms with Gasteiger partial charge in [0.25, 0.3) is 0 Å². The molecule has 19 heavy (non-hydrogen) atoms. The minimum atomic E-state index is -5.09. The van der Waals surface area contributed by atoms with Crippen molar-refractivity contribution in [2.75, 3.05) is 0 Å². The normalized spacial score (nSPS) is 30.4. The van der Waals surface area contributed by atoms with Gasteiger partial charge in [0.1, 0.15) is 6.10 Å². The molecule has 0 aliphatic heterocycles. The van der Waals surface area contributed by atoms with Crippen LogP contribution in [-0.4, -0.2) is 29.3 Å². The molecule has 0 saturated heterocycles. The number of esters is 1.